The molecule has 3 rings (SSSR count). The van der Waals surface area contributed by atoms with E-state index in [0.717, 1.165) is 42.3 Å². The van der Waals surface area contributed by atoms with Crippen molar-refractivity contribution in [3.63, 3.8) is 0 Å². The molecule has 0 saturated carbocycles. The summed E-state index contributed by atoms with van der Waals surface area (Å²) in [5, 5.41) is 1.47. The summed E-state index contributed by atoms with van der Waals surface area (Å²) in [6.45, 7) is 4.55. The molecule has 0 spiro atoms. The average molecular weight is 352 g/mol. The Bertz CT molecular complexity index is 787. The first-order valence-electron chi connectivity index (χ1n) is 8.26. The molecule has 0 fully saturated rings. The van der Waals surface area contributed by atoms with Gasteiger partial charge in [-0.05, 0) is 24.5 Å². The number of unbranched alkanes of at least 4 members (excludes halogenated alkanes) is 1. The number of methoxy groups -OCH3 is 1. The van der Waals surface area contributed by atoms with Gasteiger partial charge in [0.25, 0.3) is 0 Å². The molecule has 1 aromatic heterocycles. The summed E-state index contributed by atoms with van der Waals surface area (Å²) in [5.74, 6) is 0.619. The maximum atomic E-state index is 12.0. The van der Waals surface area contributed by atoms with Crippen molar-refractivity contribution in [1.29, 1.82) is 0 Å². The molecule has 0 amide bonds. The van der Waals surface area contributed by atoms with Gasteiger partial charge in [0.2, 0.25) is 0 Å². The standard InChI is InChI=1S/C18H22ClNO4/c1-3-4-5-12-8-16(21)24-17-13(12)9-15(19)18-14(17)10-20(11-23-18)6-7-22-2/h8-9H,3-7,10-11H2,1-2H3. The molecule has 6 heteroatoms. The molecule has 0 aliphatic carbocycles. The molecular weight excluding hydrogens is 330 g/mol. The average Bonchev–Trinajstić information content (AvgIpc) is 2.58. The fourth-order valence-corrected chi connectivity index (χ4v) is 3.31. The SMILES string of the molecule is CCCCc1cc(=O)oc2c3c(c(Cl)cc12)OCN(CCOC)C3. The highest BCUT2D eigenvalue weighted by Crippen LogP contribution is 2.39. The van der Waals surface area contributed by atoms with E-state index < -0.39 is 0 Å². The zero-order valence-corrected chi connectivity index (χ0v) is 14.8. The van der Waals surface area contributed by atoms with Crippen LogP contribution < -0.4 is 10.4 Å². The molecule has 0 atom stereocenters. The van der Waals surface area contributed by atoms with Crippen molar-refractivity contribution in [2.45, 2.75) is 32.7 Å². The van der Waals surface area contributed by atoms with Crippen LogP contribution in [0.4, 0.5) is 0 Å². The van der Waals surface area contributed by atoms with Crippen LogP contribution in [0, 0.1) is 0 Å². The second-order valence-corrected chi connectivity index (χ2v) is 6.46. The number of ether oxygens (including phenoxy) is 2. The van der Waals surface area contributed by atoms with E-state index in [9.17, 15) is 4.79 Å². The zero-order valence-electron chi connectivity index (χ0n) is 14.1. The van der Waals surface area contributed by atoms with Gasteiger partial charge in [-0.25, -0.2) is 4.79 Å². The van der Waals surface area contributed by atoms with Crippen LogP contribution in [0.5, 0.6) is 5.75 Å². The highest BCUT2D eigenvalue weighted by molar-refractivity contribution is 6.33. The lowest BCUT2D eigenvalue weighted by atomic mass is 10.0. The Balaban J connectivity index is 2.08. The Hall–Kier alpha value is -1.56. The van der Waals surface area contributed by atoms with Gasteiger partial charge in [0.1, 0.15) is 18.1 Å². The molecule has 5 nitrogen and oxygen atoms in total. The smallest absolute Gasteiger partial charge is 0.336 e. The third-order valence-electron chi connectivity index (χ3n) is 4.31. The Kier molecular flexibility index (Phi) is 5.43. The zero-order chi connectivity index (χ0) is 17.1. The van der Waals surface area contributed by atoms with Gasteiger partial charge in [-0.3, -0.25) is 4.90 Å². The van der Waals surface area contributed by atoms with Gasteiger partial charge in [-0.15, -0.1) is 0 Å². The van der Waals surface area contributed by atoms with Gasteiger partial charge in [-0.2, -0.15) is 0 Å². The number of hydrogen-bond acceptors (Lipinski definition) is 5. The fraction of sp³-hybridized carbons (Fsp3) is 0.500. The van der Waals surface area contributed by atoms with Crippen LogP contribution in [0.1, 0.15) is 30.9 Å². The van der Waals surface area contributed by atoms with Crippen molar-refractivity contribution in [3.8, 4) is 5.75 Å². The second-order valence-electron chi connectivity index (χ2n) is 6.06. The van der Waals surface area contributed by atoms with Crippen molar-refractivity contribution >= 4 is 22.6 Å². The summed E-state index contributed by atoms with van der Waals surface area (Å²) in [4.78, 5) is 14.1. The van der Waals surface area contributed by atoms with Crippen LogP contribution in [0.3, 0.4) is 0 Å². The number of aryl methyl sites for hydroxylation is 1. The van der Waals surface area contributed by atoms with Crippen LogP contribution in [0.2, 0.25) is 5.02 Å². The van der Waals surface area contributed by atoms with E-state index in [1.165, 1.54) is 0 Å². The second kappa shape index (κ2) is 7.55. The van der Waals surface area contributed by atoms with Crippen molar-refractivity contribution in [2.24, 2.45) is 0 Å². The van der Waals surface area contributed by atoms with Crippen LogP contribution in [-0.4, -0.2) is 31.9 Å². The number of nitrogens with zero attached hydrogens (tertiary/aromatic N) is 1. The lowest BCUT2D eigenvalue weighted by Crippen LogP contribution is -2.34. The van der Waals surface area contributed by atoms with Crippen LogP contribution in [0.25, 0.3) is 11.0 Å². The minimum Gasteiger partial charge on any atom is -0.476 e. The molecule has 24 heavy (non-hydrogen) atoms. The Morgan fingerprint density at radius 3 is 2.96 bits per heavy atom. The maximum absolute atomic E-state index is 12.0. The third kappa shape index (κ3) is 3.43. The van der Waals surface area contributed by atoms with Crippen LogP contribution in [0.15, 0.2) is 21.3 Å². The summed E-state index contributed by atoms with van der Waals surface area (Å²) in [6, 6.07) is 3.43. The van der Waals surface area contributed by atoms with Gasteiger partial charge in [0, 0.05) is 31.7 Å². The monoisotopic (exact) mass is 351 g/mol. The molecule has 0 bridgehead atoms. The molecule has 1 aliphatic heterocycles. The third-order valence-corrected chi connectivity index (χ3v) is 4.59. The van der Waals surface area contributed by atoms with Crippen molar-refractivity contribution < 1.29 is 13.9 Å². The molecule has 0 unspecified atom stereocenters. The largest absolute Gasteiger partial charge is 0.476 e. The fourth-order valence-electron chi connectivity index (χ4n) is 3.04. The van der Waals surface area contributed by atoms with E-state index in [4.69, 9.17) is 25.5 Å². The number of hydrogen-bond donors (Lipinski definition) is 0. The summed E-state index contributed by atoms with van der Waals surface area (Å²) in [7, 11) is 1.67. The first kappa shape index (κ1) is 17.3. The minimum atomic E-state index is -0.327. The normalized spacial score (nSPS) is 14.6. The van der Waals surface area contributed by atoms with Crippen molar-refractivity contribution in [1.82, 2.24) is 4.90 Å². The van der Waals surface area contributed by atoms with E-state index in [1.807, 2.05) is 6.07 Å². The quantitative estimate of drug-likeness (QED) is 0.744. The summed E-state index contributed by atoms with van der Waals surface area (Å²) < 4.78 is 16.5. The van der Waals surface area contributed by atoms with E-state index in [-0.39, 0.29) is 5.63 Å². The lowest BCUT2D eigenvalue weighted by Gasteiger charge is -2.29. The first-order chi connectivity index (χ1) is 11.6. The number of benzene rings is 1. The van der Waals surface area contributed by atoms with Gasteiger partial charge >= 0.3 is 5.63 Å². The maximum Gasteiger partial charge on any atom is 0.336 e. The van der Waals surface area contributed by atoms with E-state index in [2.05, 4.69) is 11.8 Å². The topological polar surface area (TPSA) is 51.9 Å². The van der Waals surface area contributed by atoms with E-state index in [0.29, 0.717) is 36.2 Å². The summed E-state index contributed by atoms with van der Waals surface area (Å²) >= 11 is 6.43. The van der Waals surface area contributed by atoms with Gasteiger partial charge in [-0.1, -0.05) is 24.9 Å². The Morgan fingerprint density at radius 2 is 2.21 bits per heavy atom. The predicted molar refractivity (Wildman–Crippen MR) is 93.9 cm³/mol. The van der Waals surface area contributed by atoms with E-state index >= 15 is 0 Å². The highest BCUT2D eigenvalue weighted by atomic mass is 35.5. The molecule has 1 aliphatic rings. The van der Waals surface area contributed by atoms with Gasteiger partial charge in [0.05, 0.1) is 17.2 Å². The summed E-state index contributed by atoms with van der Waals surface area (Å²) in [5.41, 5.74) is 2.10. The van der Waals surface area contributed by atoms with Gasteiger partial charge < -0.3 is 13.9 Å². The summed E-state index contributed by atoms with van der Waals surface area (Å²) in [6.07, 6.45) is 2.92. The molecule has 1 aromatic carbocycles. The Labute approximate surface area is 146 Å². The van der Waals surface area contributed by atoms with Crippen molar-refractivity contribution in [2.75, 3.05) is 27.0 Å². The number of rotatable bonds is 6. The molecule has 0 saturated heterocycles. The predicted octanol–water partition coefficient (Wildman–Crippen LogP) is 3.59. The highest BCUT2D eigenvalue weighted by Gasteiger charge is 2.25. The number of fused-ring (bicyclic) bond motifs is 3. The van der Waals surface area contributed by atoms with E-state index in [1.54, 1.807) is 13.2 Å². The Morgan fingerprint density at radius 1 is 1.38 bits per heavy atom. The first-order valence-corrected chi connectivity index (χ1v) is 8.64. The van der Waals surface area contributed by atoms with Crippen molar-refractivity contribution in [3.05, 3.63) is 38.7 Å². The lowest BCUT2D eigenvalue weighted by molar-refractivity contribution is 0.0659. The molecule has 2 aromatic rings. The van der Waals surface area contributed by atoms with Gasteiger partial charge in [0.15, 0.2) is 0 Å². The molecule has 0 N–H and O–H groups in total. The molecule has 0 radical (unpaired) electrons. The van der Waals surface area contributed by atoms with Crippen LogP contribution in [-0.2, 0) is 17.7 Å². The van der Waals surface area contributed by atoms with Crippen LogP contribution >= 0.6 is 11.6 Å². The minimum absolute atomic E-state index is 0.327. The number of halogens is 1. The molecule has 2 heterocycles. The molecule has 130 valence electrons. The molecular formula is C18H22ClNO4.